The maximum atomic E-state index is 13.6. The minimum Gasteiger partial charge on any atom is -0.495 e. The summed E-state index contributed by atoms with van der Waals surface area (Å²) < 4.78 is 11.0. The maximum Gasteiger partial charge on any atom is 0.262 e. The van der Waals surface area contributed by atoms with Crippen LogP contribution in [0.1, 0.15) is 16.4 Å². The smallest absolute Gasteiger partial charge is 0.262 e. The predicted molar refractivity (Wildman–Crippen MR) is 153 cm³/mol. The first kappa shape index (κ1) is 27.1. The van der Waals surface area contributed by atoms with Gasteiger partial charge in [0.2, 0.25) is 5.91 Å². The summed E-state index contributed by atoms with van der Waals surface area (Å²) in [7, 11) is 1.53. The number of halogens is 1. The minimum absolute atomic E-state index is 0.112. The van der Waals surface area contributed by atoms with E-state index in [1.54, 1.807) is 30.3 Å². The summed E-state index contributed by atoms with van der Waals surface area (Å²) in [4.78, 5) is 26.8. The van der Waals surface area contributed by atoms with Gasteiger partial charge in [0.25, 0.3) is 5.91 Å². The Morgan fingerprint density at radius 2 is 1.61 bits per heavy atom. The summed E-state index contributed by atoms with van der Waals surface area (Å²) in [5.74, 6) is 0.606. The molecule has 0 fully saturated rings. The Bertz CT molecular complexity index is 1400. The standard InChI is InChI=1S/C30H27ClN2O4S/c1-20-16-26(27(36-2)18-25(20)31)33-30(35)29(21-10-5-3-6-11-21)38-24-15-9-12-22(17-24)32-28(34)19-37-23-13-7-4-8-14-23/h3-18,29H,19H2,1-2H3,(H,32,34)(H,33,35). The van der Waals surface area contributed by atoms with Crippen LogP contribution in [0, 0.1) is 6.92 Å². The quantitative estimate of drug-likeness (QED) is 0.207. The summed E-state index contributed by atoms with van der Waals surface area (Å²) in [6.07, 6.45) is 0. The summed E-state index contributed by atoms with van der Waals surface area (Å²) in [5, 5.41) is 5.84. The number of thioether (sulfide) groups is 1. The van der Waals surface area contributed by atoms with E-state index in [0.717, 1.165) is 16.0 Å². The largest absolute Gasteiger partial charge is 0.495 e. The van der Waals surface area contributed by atoms with Crippen LogP contribution in [0.15, 0.2) is 102 Å². The zero-order valence-electron chi connectivity index (χ0n) is 20.9. The molecule has 6 nitrogen and oxygen atoms in total. The molecule has 0 heterocycles. The Hall–Kier alpha value is -3.94. The van der Waals surface area contributed by atoms with Gasteiger partial charge >= 0.3 is 0 Å². The number of carbonyl (C=O) groups excluding carboxylic acids is 2. The van der Waals surface area contributed by atoms with Gasteiger partial charge in [-0.15, -0.1) is 11.8 Å². The molecule has 4 aromatic carbocycles. The zero-order valence-corrected chi connectivity index (χ0v) is 22.5. The number of hydrogen-bond donors (Lipinski definition) is 2. The van der Waals surface area contributed by atoms with E-state index >= 15 is 0 Å². The minimum atomic E-state index is -0.566. The van der Waals surface area contributed by atoms with E-state index in [0.29, 0.717) is 27.9 Å². The molecular formula is C30H27ClN2O4S. The maximum absolute atomic E-state index is 13.6. The van der Waals surface area contributed by atoms with Crippen molar-refractivity contribution in [2.24, 2.45) is 0 Å². The SMILES string of the molecule is COc1cc(Cl)c(C)cc1NC(=O)C(Sc1cccc(NC(=O)COc2ccccc2)c1)c1ccccc1. The predicted octanol–water partition coefficient (Wildman–Crippen LogP) is 7.15. The molecular weight excluding hydrogens is 520 g/mol. The van der Waals surface area contributed by atoms with Crippen LogP contribution in [-0.2, 0) is 9.59 Å². The molecule has 0 aromatic heterocycles. The molecule has 38 heavy (non-hydrogen) atoms. The van der Waals surface area contributed by atoms with Crippen molar-refractivity contribution in [1.82, 2.24) is 0 Å². The molecule has 1 unspecified atom stereocenters. The second kappa shape index (κ2) is 13.0. The van der Waals surface area contributed by atoms with Gasteiger partial charge in [0.15, 0.2) is 6.61 Å². The Morgan fingerprint density at radius 1 is 0.895 bits per heavy atom. The van der Waals surface area contributed by atoms with E-state index in [1.807, 2.05) is 73.7 Å². The third kappa shape index (κ3) is 7.31. The molecule has 4 rings (SSSR count). The molecule has 194 valence electrons. The van der Waals surface area contributed by atoms with Crippen molar-refractivity contribution in [2.45, 2.75) is 17.1 Å². The number of hydrogen-bond acceptors (Lipinski definition) is 5. The summed E-state index contributed by atoms with van der Waals surface area (Å²) in [5.41, 5.74) is 2.82. The first-order chi connectivity index (χ1) is 18.4. The van der Waals surface area contributed by atoms with Gasteiger partial charge in [-0.05, 0) is 54.4 Å². The number of aryl methyl sites for hydroxylation is 1. The van der Waals surface area contributed by atoms with Crippen molar-refractivity contribution in [3.05, 3.63) is 113 Å². The van der Waals surface area contributed by atoms with E-state index in [2.05, 4.69) is 10.6 Å². The molecule has 0 bridgehead atoms. The van der Waals surface area contributed by atoms with Crippen LogP contribution in [0.4, 0.5) is 11.4 Å². The van der Waals surface area contributed by atoms with Crippen LogP contribution in [0.5, 0.6) is 11.5 Å². The molecule has 8 heteroatoms. The van der Waals surface area contributed by atoms with Gasteiger partial charge in [-0.3, -0.25) is 9.59 Å². The molecule has 0 aliphatic rings. The zero-order chi connectivity index (χ0) is 26.9. The van der Waals surface area contributed by atoms with E-state index in [9.17, 15) is 9.59 Å². The Morgan fingerprint density at radius 3 is 2.32 bits per heavy atom. The number of para-hydroxylation sites is 1. The summed E-state index contributed by atoms with van der Waals surface area (Å²) in [6.45, 7) is 1.75. The van der Waals surface area contributed by atoms with Crippen LogP contribution < -0.4 is 20.1 Å². The number of amides is 2. The molecule has 0 radical (unpaired) electrons. The Balaban J connectivity index is 1.50. The van der Waals surface area contributed by atoms with Crippen molar-refractivity contribution < 1.29 is 19.1 Å². The summed E-state index contributed by atoms with van der Waals surface area (Å²) in [6, 6.07) is 29.5. The Labute approximate surface area is 231 Å². The second-order valence-corrected chi connectivity index (χ2v) is 9.96. The molecule has 0 aliphatic carbocycles. The number of nitrogens with one attached hydrogen (secondary N) is 2. The second-order valence-electron chi connectivity index (χ2n) is 8.38. The monoisotopic (exact) mass is 546 g/mol. The highest BCUT2D eigenvalue weighted by atomic mass is 35.5. The van der Waals surface area contributed by atoms with Crippen molar-refractivity contribution >= 4 is 46.6 Å². The van der Waals surface area contributed by atoms with Gasteiger partial charge in [-0.2, -0.15) is 0 Å². The van der Waals surface area contributed by atoms with Crippen molar-refractivity contribution in [2.75, 3.05) is 24.4 Å². The van der Waals surface area contributed by atoms with E-state index in [-0.39, 0.29) is 18.4 Å². The van der Waals surface area contributed by atoms with Gasteiger partial charge in [-0.25, -0.2) is 0 Å². The first-order valence-electron chi connectivity index (χ1n) is 11.9. The van der Waals surface area contributed by atoms with Crippen LogP contribution >= 0.6 is 23.4 Å². The molecule has 4 aromatic rings. The van der Waals surface area contributed by atoms with Crippen LogP contribution in [0.2, 0.25) is 5.02 Å². The van der Waals surface area contributed by atoms with Gasteiger partial charge in [0.1, 0.15) is 16.7 Å². The van der Waals surface area contributed by atoms with Crippen LogP contribution in [0.3, 0.4) is 0 Å². The molecule has 0 spiro atoms. The van der Waals surface area contributed by atoms with Gasteiger partial charge in [0.05, 0.1) is 12.8 Å². The third-order valence-corrected chi connectivity index (χ3v) is 7.22. The number of methoxy groups -OCH3 is 1. The number of carbonyl (C=O) groups is 2. The third-order valence-electron chi connectivity index (χ3n) is 5.56. The van der Waals surface area contributed by atoms with Crippen molar-refractivity contribution in [1.29, 1.82) is 0 Å². The fourth-order valence-corrected chi connectivity index (χ4v) is 4.91. The highest BCUT2D eigenvalue weighted by Crippen LogP contribution is 2.38. The molecule has 0 aliphatic heterocycles. The lowest BCUT2D eigenvalue weighted by molar-refractivity contribution is -0.118. The fraction of sp³-hybridized carbons (Fsp3) is 0.133. The lowest BCUT2D eigenvalue weighted by atomic mass is 10.1. The number of ether oxygens (including phenoxy) is 2. The highest BCUT2D eigenvalue weighted by Gasteiger charge is 2.24. The molecule has 0 saturated carbocycles. The topological polar surface area (TPSA) is 76.7 Å². The van der Waals surface area contributed by atoms with Crippen LogP contribution in [-0.4, -0.2) is 25.5 Å². The van der Waals surface area contributed by atoms with Gasteiger partial charge < -0.3 is 20.1 Å². The Kier molecular flexibility index (Phi) is 9.30. The fourth-order valence-electron chi connectivity index (χ4n) is 3.67. The molecule has 2 amide bonds. The van der Waals surface area contributed by atoms with Gasteiger partial charge in [0, 0.05) is 21.7 Å². The normalized spacial score (nSPS) is 11.3. The van der Waals surface area contributed by atoms with Crippen LogP contribution in [0.25, 0.3) is 0 Å². The van der Waals surface area contributed by atoms with E-state index < -0.39 is 5.25 Å². The molecule has 2 N–H and O–H groups in total. The highest BCUT2D eigenvalue weighted by molar-refractivity contribution is 8.00. The van der Waals surface area contributed by atoms with E-state index in [1.165, 1.54) is 18.9 Å². The van der Waals surface area contributed by atoms with Crippen molar-refractivity contribution in [3.8, 4) is 11.5 Å². The average molecular weight is 547 g/mol. The average Bonchev–Trinajstić information content (AvgIpc) is 2.93. The van der Waals surface area contributed by atoms with Crippen molar-refractivity contribution in [3.63, 3.8) is 0 Å². The number of anilines is 2. The number of rotatable bonds is 10. The van der Waals surface area contributed by atoms with Gasteiger partial charge in [-0.1, -0.05) is 66.2 Å². The molecule has 1 atom stereocenters. The summed E-state index contributed by atoms with van der Waals surface area (Å²) >= 11 is 7.61. The first-order valence-corrected chi connectivity index (χ1v) is 13.1. The molecule has 0 saturated heterocycles. The lowest BCUT2D eigenvalue weighted by Crippen LogP contribution is -2.20. The number of benzene rings is 4. The van der Waals surface area contributed by atoms with E-state index in [4.69, 9.17) is 21.1 Å². The lowest BCUT2D eigenvalue weighted by Gasteiger charge is -2.19.